The Morgan fingerprint density at radius 3 is 2.70 bits per heavy atom. The predicted octanol–water partition coefficient (Wildman–Crippen LogP) is 3.41. The van der Waals surface area contributed by atoms with Gasteiger partial charge in [0.15, 0.2) is 10.8 Å². The molecule has 27 heavy (non-hydrogen) atoms. The number of nitrogens with zero attached hydrogens (tertiary/aromatic N) is 5. The molecule has 6 nitrogen and oxygen atoms in total. The van der Waals surface area contributed by atoms with Gasteiger partial charge in [0.1, 0.15) is 5.82 Å². The van der Waals surface area contributed by atoms with Crippen molar-refractivity contribution < 1.29 is 9.50 Å². The van der Waals surface area contributed by atoms with Crippen molar-refractivity contribution in [3.8, 4) is 22.5 Å². The van der Waals surface area contributed by atoms with Gasteiger partial charge in [-0.2, -0.15) is 5.10 Å². The minimum Gasteiger partial charge on any atom is -0.394 e. The Morgan fingerprint density at radius 1 is 1.15 bits per heavy atom. The molecule has 0 aliphatic rings. The molecule has 0 unspecified atom stereocenters. The molecule has 3 aromatic heterocycles. The summed E-state index contributed by atoms with van der Waals surface area (Å²) in [6.07, 6.45) is 5.47. The molecule has 0 radical (unpaired) electrons. The Kier molecular flexibility index (Phi) is 4.83. The van der Waals surface area contributed by atoms with Gasteiger partial charge in [-0.25, -0.2) is 19.3 Å². The fourth-order valence-electron chi connectivity index (χ4n) is 2.83. The van der Waals surface area contributed by atoms with E-state index < -0.39 is 0 Å². The van der Waals surface area contributed by atoms with Crippen LogP contribution in [0.3, 0.4) is 0 Å². The van der Waals surface area contributed by atoms with Crippen LogP contribution < -0.4 is 0 Å². The lowest BCUT2D eigenvalue weighted by Crippen LogP contribution is -2.01. The molecule has 1 aromatic carbocycles. The smallest absolute Gasteiger partial charge is 0.187 e. The zero-order chi connectivity index (χ0) is 18.8. The Bertz CT molecular complexity index is 1100. The minimum atomic E-state index is -0.305. The van der Waals surface area contributed by atoms with E-state index in [9.17, 15) is 4.39 Å². The first-order chi connectivity index (χ1) is 13.2. The molecule has 136 valence electrons. The van der Waals surface area contributed by atoms with Crippen molar-refractivity contribution in [1.82, 2.24) is 24.7 Å². The lowest BCUT2D eigenvalue weighted by molar-refractivity contribution is 0.270. The van der Waals surface area contributed by atoms with Gasteiger partial charge in [0.05, 0.1) is 24.5 Å². The molecule has 1 N–H and O–H groups in total. The number of thioether (sulfide) groups is 1. The molecular weight excluding hydrogens is 365 g/mol. The highest BCUT2D eigenvalue weighted by molar-refractivity contribution is 7.98. The Hall–Kier alpha value is -2.84. The number of hydrogen-bond acceptors (Lipinski definition) is 6. The number of aromatic nitrogens is 5. The van der Waals surface area contributed by atoms with Gasteiger partial charge in [-0.3, -0.25) is 4.68 Å². The summed E-state index contributed by atoms with van der Waals surface area (Å²) < 4.78 is 15.0. The molecule has 4 aromatic rings. The van der Waals surface area contributed by atoms with Crippen LogP contribution in [0.15, 0.2) is 53.9 Å². The van der Waals surface area contributed by atoms with Crippen LogP contribution in [0.1, 0.15) is 0 Å². The van der Waals surface area contributed by atoms with E-state index in [1.54, 1.807) is 23.0 Å². The summed E-state index contributed by atoms with van der Waals surface area (Å²) >= 11 is 1.46. The van der Waals surface area contributed by atoms with Crippen LogP contribution in [0, 0.1) is 5.82 Å². The van der Waals surface area contributed by atoms with Crippen molar-refractivity contribution in [3.05, 3.63) is 54.6 Å². The summed E-state index contributed by atoms with van der Waals surface area (Å²) in [5.41, 5.74) is 3.55. The molecule has 4 rings (SSSR count). The molecule has 0 saturated heterocycles. The van der Waals surface area contributed by atoms with Gasteiger partial charge in [0, 0.05) is 28.9 Å². The molecule has 0 atom stereocenters. The maximum atomic E-state index is 13.4. The van der Waals surface area contributed by atoms with Crippen molar-refractivity contribution in [2.45, 2.75) is 11.7 Å². The number of aliphatic hydroxyl groups is 1. The predicted molar refractivity (Wildman–Crippen MR) is 103 cm³/mol. The number of pyridine rings is 1. The summed E-state index contributed by atoms with van der Waals surface area (Å²) in [4.78, 5) is 13.5. The zero-order valence-electron chi connectivity index (χ0n) is 14.5. The Morgan fingerprint density at radius 2 is 1.96 bits per heavy atom. The zero-order valence-corrected chi connectivity index (χ0v) is 15.3. The third-order valence-electron chi connectivity index (χ3n) is 4.08. The molecule has 0 amide bonds. The van der Waals surface area contributed by atoms with Gasteiger partial charge in [-0.15, -0.1) is 0 Å². The highest BCUT2D eigenvalue weighted by Gasteiger charge is 2.15. The van der Waals surface area contributed by atoms with Crippen LogP contribution in [-0.2, 0) is 6.54 Å². The number of rotatable bonds is 5. The average Bonchev–Trinajstić information content (AvgIpc) is 3.09. The van der Waals surface area contributed by atoms with Crippen LogP contribution in [0.5, 0.6) is 0 Å². The number of benzene rings is 1. The van der Waals surface area contributed by atoms with E-state index in [2.05, 4.69) is 15.1 Å². The first-order valence-electron chi connectivity index (χ1n) is 8.30. The quantitative estimate of drug-likeness (QED) is 0.422. The van der Waals surface area contributed by atoms with Gasteiger partial charge in [-0.1, -0.05) is 11.8 Å². The first kappa shape index (κ1) is 17.6. The van der Waals surface area contributed by atoms with Gasteiger partial charge in [0.25, 0.3) is 0 Å². The van der Waals surface area contributed by atoms with Crippen molar-refractivity contribution in [3.63, 3.8) is 0 Å². The van der Waals surface area contributed by atoms with Gasteiger partial charge >= 0.3 is 0 Å². The lowest BCUT2D eigenvalue weighted by Gasteiger charge is -2.09. The SMILES string of the molecule is CSc1nccc(-c2cc3cn(CCO)nc3nc2-c2ccc(F)cc2)n1. The van der Waals surface area contributed by atoms with Crippen LogP contribution >= 0.6 is 11.8 Å². The molecule has 0 aliphatic carbocycles. The van der Waals surface area contributed by atoms with Crippen LogP contribution in [0.2, 0.25) is 0 Å². The second-order valence-electron chi connectivity index (χ2n) is 5.85. The summed E-state index contributed by atoms with van der Waals surface area (Å²) in [5.74, 6) is -0.305. The third-order valence-corrected chi connectivity index (χ3v) is 4.64. The molecule has 8 heteroatoms. The Balaban J connectivity index is 1.95. The normalized spacial score (nSPS) is 11.2. The fourth-order valence-corrected chi connectivity index (χ4v) is 3.19. The van der Waals surface area contributed by atoms with Gasteiger partial charge < -0.3 is 5.11 Å². The number of fused-ring (bicyclic) bond motifs is 1. The first-order valence-corrected chi connectivity index (χ1v) is 9.53. The summed E-state index contributed by atoms with van der Waals surface area (Å²) in [6, 6.07) is 9.98. The maximum Gasteiger partial charge on any atom is 0.187 e. The largest absolute Gasteiger partial charge is 0.394 e. The second kappa shape index (κ2) is 7.42. The highest BCUT2D eigenvalue weighted by atomic mass is 32.2. The van der Waals surface area contributed by atoms with E-state index >= 15 is 0 Å². The molecule has 0 saturated carbocycles. The fraction of sp³-hybridized carbons (Fsp3) is 0.158. The molecule has 3 heterocycles. The van der Waals surface area contributed by atoms with Crippen molar-refractivity contribution in [1.29, 1.82) is 0 Å². The third kappa shape index (κ3) is 3.54. The standard InChI is InChI=1S/C19H16FN5OS/c1-27-19-21-7-6-16(22-19)15-10-13-11-25(8-9-26)24-18(13)23-17(15)12-2-4-14(20)5-3-12/h2-7,10-11,26H,8-9H2,1H3. The summed E-state index contributed by atoms with van der Waals surface area (Å²) in [5, 5.41) is 15.1. The molecule has 0 spiro atoms. The maximum absolute atomic E-state index is 13.4. The summed E-state index contributed by atoms with van der Waals surface area (Å²) in [6.45, 7) is 0.385. The van der Waals surface area contributed by atoms with E-state index in [4.69, 9.17) is 10.1 Å². The average molecular weight is 381 g/mol. The van der Waals surface area contributed by atoms with E-state index in [1.165, 1.54) is 23.9 Å². The number of halogens is 1. The van der Waals surface area contributed by atoms with Crippen LogP contribution in [0.4, 0.5) is 4.39 Å². The topological polar surface area (TPSA) is 76.7 Å². The van der Waals surface area contributed by atoms with E-state index in [0.717, 1.165) is 22.2 Å². The highest BCUT2D eigenvalue weighted by Crippen LogP contribution is 2.32. The monoisotopic (exact) mass is 381 g/mol. The second-order valence-corrected chi connectivity index (χ2v) is 6.62. The lowest BCUT2D eigenvalue weighted by atomic mass is 10.0. The van der Waals surface area contributed by atoms with E-state index in [1.807, 2.05) is 24.6 Å². The number of hydrogen-bond donors (Lipinski definition) is 1. The molecular formula is C19H16FN5OS. The molecule has 0 aliphatic heterocycles. The number of aliphatic hydroxyl groups excluding tert-OH is 1. The van der Waals surface area contributed by atoms with E-state index in [-0.39, 0.29) is 12.4 Å². The van der Waals surface area contributed by atoms with Crippen molar-refractivity contribution >= 4 is 22.8 Å². The van der Waals surface area contributed by atoms with Crippen molar-refractivity contribution in [2.75, 3.05) is 12.9 Å². The Labute approximate surface area is 159 Å². The molecule has 0 fully saturated rings. The minimum absolute atomic E-state index is 0.00530. The van der Waals surface area contributed by atoms with Crippen molar-refractivity contribution in [2.24, 2.45) is 0 Å². The van der Waals surface area contributed by atoms with Crippen LogP contribution in [0.25, 0.3) is 33.5 Å². The van der Waals surface area contributed by atoms with Gasteiger partial charge in [0.2, 0.25) is 0 Å². The molecule has 0 bridgehead atoms. The van der Waals surface area contributed by atoms with E-state index in [0.29, 0.717) is 23.0 Å². The van der Waals surface area contributed by atoms with Gasteiger partial charge in [-0.05, 0) is 42.7 Å². The van der Waals surface area contributed by atoms with Crippen LogP contribution in [-0.4, -0.2) is 42.7 Å². The summed E-state index contributed by atoms with van der Waals surface area (Å²) in [7, 11) is 0.